The van der Waals surface area contributed by atoms with Crippen molar-refractivity contribution in [3.05, 3.63) is 42.0 Å². The van der Waals surface area contributed by atoms with Crippen LogP contribution in [0.15, 0.2) is 30.6 Å². The second-order valence-corrected chi connectivity index (χ2v) is 12.2. The molecule has 0 saturated heterocycles. The molecule has 0 spiro atoms. The van der Waals surface area contributed by atoms with Crippen LogP contribution in [0.3, 0.4) is 0 Å². The predicted molar refractivity (Wildman–Crippen MR) is 168 cm³/mol. The Bertz CT molecular complexity index is 887. The molecule has 3 nitrogen and oxygen atoms in total. The van der Waals surface area contributed by atoms with Crippen molar-refractivity contribution < 1.29 is 4.74 Å². The van der Waals surface area contributed by atoms with Crippen LogP contribution in [0, 0.1) is 12.8 Å². The minimum Gasteiger partial charge on any atom is -0.490 e. The highest BCUT2D eigenvalue weighted by molar-refractivity contribution is 5.66. The molecule has 0 bridgehead atoms. The third kappa shape index (κ3) is 12.0. The Kier molecular flexibility index (Phi) is 15.6. The zero-order valence-corrected chi connectivity index (χ0v) is 25.7. The monoisotopic (exact) mass is 534 g/mol. The molecule has 1 aromatic carbocycles. The van der Waals surface area contributed by atoms with Crippen molar-refractivity contribution in [3.63, 3.8) is 0 Å². The maximum absolute atomic E-state index is 6.74. The number of aromatic nitrogens is 2. The second-order valence-electron chi connectivity index (χ2n) is 12.2. The molecule has 0 amide bonds. The molecule has 0 aliphatic heterocycles. The fraction of sp³-hybridized carbons (Fsp3) is 0.722. The standard InChI is InChI=1S/C36H58N2O/c1-4-6-8-10-12-14-19-23-35(31-21-17-16-18-22-31)39-33-25-26-34(30(3)27-33)32-28-37-36(38-29-32)24-20-15-13-11-9-7-5-2/h25-29,31,35H,4-24H2,1-3H3. The van der Waals surface area contributed by atoms with E-state index in [1.165, 1.54) is 140 Å². The lowest BCUT2D eigenvalue weighted by atomic mass is 9.83. The lowest BCUT2D eigenvalue weighted by Gasteiger charge is -2.31. The van der Waals surface area contributed by atoms with Gasteiger partial charge in [0.05, 0.1) is 0 Å². The van der Waals surface area contributed by atoms with E-state index in [0.717, 1.165) is 29.5 Å². The average molecular weight is 535 g/mol. The van der Waals surface area contributed by atoms with Gasteiger partial charge in [0.25, 0.3) is 0 Å². The summed E-state index contributed by atoms with van der Waals surface area (Å²) in [6.07, 6.45) is 32.2. The van der Waals surface area contributed by atoms with Crippen LogP contribution in [0.5, 0.6) is 5.75 Å². The zero-order valence-electron chi connectivity index (χ0n) is 25.7. The van der Waals surface area contributed by atoms with Gasteiger partial charge in [-0.3, -0.25) is 0 Å². The molecule has 0 N–H and O–H groups in total. The van der Waals surface area contributed by atoms with E-state index in [1.807, 2.05) is 12.4 Å². The summed E-state index contributed by atoms with van der Waals surface area (Å²) in [6, 6.07) is 6.63. The van der Waals surface area contributed by atoms with E-state index in [0.29, 0.717) is 6.10 Å². The van der Waals surface area contributed by atoms with Gasteiger partial charge in [0, 0.05) is 24.4 Å². The highest BCUT2D eigenvalue weighted by Crippen LogP contribution is 2.33. The van der Waals surface area contributed by atoms with Crippen molar-refractivity contribution in [1.82, 2.24) is 9.97 Å². The van der Waals surface area contributed by atoms with Crippen LogP contribution in [-0.4, -0.2) is 16.1 Å². The Morgan fingerprint density at radius 1 is 0.744 bits per heavy atom. The molecule has 39 heavy (non-hydrogen) atoms. The van der Waals surface area contributed by atoms with Gasteiger partial charge in [-0.15, -0.1) is 0 Å². The van der Waals surface area contributed by atoms with Crippen LogP contribution in [0.2, 0.25) is 0 Å². The van der Waals surface area contributed by atoms with Gasteiger partial charge < -0.3 is 4.74 Å². The zero-order chi connectivity index (χ0) is 27.5. The lowest BCUT2D eigenvalue weighted by molar-refractivity contribution is 0.0968. The number of aryl methyl sites for hydroxylation is 2. The van der Waals surface area contributed by atoms with Crippen molar-refractivity contribution in [2.45, 2.75) is 162 Å². The van der Waals surface area contributed by atoms with Gasteiger partial charge in [-0.1, -0.05) is 116 Å². The Hall–Kier alpha value is -1.90. The Morgan fingerprint density at radius 2 is 1.33 bits per heavy atom. The summed E-state index contributed by atoms with van der Waals surface area (Å²) < 4.78 is 6.74. The van der Waals surface area contributed by atoms with Gasteiger partial charge in [-0.2, -0.15) is 0 Å². The van der Waals surface area contributed by atoms with Gasteiger partial charge in [0.2, 0.25) is 0 Å². The number of unbranched alkanes of at least 4 members (excludes halogenated alkanes) is 12. The first kappa shape index (κ1) is 31.6. The van der Waals surface area contributed by atoms with Crippen molar-refractivity contribution in [1.29, 1.82) is 0 Å². The number of hydrogen-bond donors (Lipinski definition) is 0. The minimum absolute atomic E-state index is 0.362. The van der Waals surface area contributed by atoms with Crippen molar-refractivity contribution in [2.75, 3.05) is 0 Å². The van der Waals surface area contributed by atoms with Crippen LogP contribution in [0.25, 0.3) is 11.1 Å². The summed E-state index contributed by atoms with van der Waals surface area (Å²) in [4.78, 5) is 9.40. The molecule has 3 rings (SSSR count). The van der Waals surface area contributed by atoms with Crippen LogP contribution in [0.1, 0.15) is 154 Å². The van der Waals surface area contributed by atoms with E-state index in [9.17, 15) is 0 Å². The lowest BCUT2D eigenvalue weighted by Crippen LogP contribution is -2.29. The van der Waals surface area contributed by atoms with Gasteiger partial charge in [0.1, 0.15) is 17.7 Å². The number of rotatable bonds is 20. The molecular weight excluding hydrogens is 476 g/mol. The fourth-order valence-corrected chi connectivity index (χ4v) is 6.27. The third-order valence-corrected chi connectivity index (χ3v) is 8.77. The minimum atomic E-state index is 0.362. The average Bonchev–Trinajstić information content (AvgIpc) is 2.96. The number of ether oxygens (including phenoxy) is 1. The summed E-state index contributed by atoms with van der Waals surface area (Å²) in [5.74, 6) is 2.73. The molecule has 1 aromatic heterocycles. The van der Waals surface area contributed by atoms with Gasteiger partial charge in [-0.05, 0) is 68.2 Å². The topological polar surface area (TPSA) is 35.0 Å². The van der Waals surface area contributed by atoms with E-state index >= 15 is 0 Å². The summed E-state index contributed by atoms with van der Waals surface area (Å²) in [7, 11) is 0. The quantitative estimate of drug-likeness (QED) is 0.158. The largest absolute Gasteiger partial charge is 0.490 e. The van der Waals surface area contributed by atoms with Crippen molar-refractivity contribution in [3.8, 4) is 16.9 Å². The van der Waals surface area contributed by atoms with E-state index in [2.05, 4.69) is 39.0 Å². The smallest absolute Gasteiger partial charge is 0.128 e. The van der Waals surface area contributed by atoms with E-state index in [-0.39, 0.29) is 0 Å². The molecule has 0 radical (unpaired) electrons. The maximum atomic E-state index is 6.74. The molecule has 3 heteroatoms. The van der Waals surface area contributed by atoms with Crippen LogP contribution in [-0.2, 0) is 6.42 Å². The van der Waals surface area contributed by atoms with Crippen molar-refractivity contribution in [2.24, 2.45) is 5.92 Å². The molecule has 1 saturated carbocycles. The number of hydrogen-bond acceptors (Lipinski definition) is 3. The van der Waals surface area contributed by atoms with E-state index < -0.39 is 0 Å². The van der Waals surface area contributed by atoms with Crippen LogP contribution in [0.4, 0.5) is 0 Å². The second kappa shape index (κ2) is 19.2. The molecule has 1 aliphatic rings. The molecular formula is C36H58N2O. The number of benzene rings is 1. The highest BCUT2D eigenvalue weighted by atomic mass is 16.5. The molecule has 1 heterocycles. The normalized spacial score (nSPS) is 14.9. The van der Waals surface area contributed by atoms with Gasteiger partial charge >= 0.3 is 0 Å². The molecule has 1 aliphatic carbocycles. The first-order chi connectivity index (χ1) is 19.2. The van der Waals surface area contributed by atoms with Gasteiger partial charge in [0.15, 0.2) is 0 Å². The molecule has 2 aromatic rings. The summed E-state index contributed by atoms with van der Waals surface area (Å²) >= 11 is 0. The Balaban J connectivity index is 1.50. The molecule has 1 unspecified atom stereocenters. The Morgan fingerprint density at radius 3 is 1.95 bits per heavy atom. The molecule has 1 fully saturated rings. The fourth-order valence-electron chi connectivity index (χ4n) is 6.27. The molecule has 1 atom stereocenters. The van der Waals surface area contributed by atoms with Crippen molar-refractivity contribution >= 4 is 0 Å². The number of nitrogens with zero attached hydrogens (tertiary/aromatic N) is 2. The maximum Gasteiger partial charge on any atom is 0.128 e. The summed E-state index contributed by atoms with van der Waals surface area (Å²) in [5.41, 5.74) is 3.56. The Labute approximate surface area is 241 Å². The third-order valence-electron chi connectivity index (χ3n) is 8.77. The highest BCUT2D eigenvalue weighted by Gasteiger charge is 2.25. The summed E-state index contributed by atoms with van der Waals surface area (Å²) in [6.45, 7) is 6.76. The predicted octanol–water partition coefficient (Wildman–Crippen LogP) is 11.2. The van der Waals surface area contributed by atoms with Crippen LogP contribution >= 0.6 is 0 Å². The van der Waals surface area contributed by atoms with Gasteiger partial charge in [-0.25, -0.2) is 9.97 Å². The SMILES string of the molecule is CCCCCCCCCc1ncc(-c2ccc(OC(CCCCCCCCC)C3CCCCC3)cc2C)cn1. The van der Waals surface area contributed by atoms with E-state index in [1.54, 1.807) is 0 Å². The first-order valence-corrected chi connectivity index (χ1v) is 16.8. The van der Waals surface area contributed by atoms with E-state index in [4.69, 9.17) is 14.7 Å². The summed E-state index contributed by atoms with van der Waals surface area (Å²) in [5, 5.41) is 0. The first-order valence-electron chi connectivity index (χ1n) is 16.8. The molecule has 218 valence electrons. The van der Waals surface area contributed by atoms with Crippen LogP contribution < -0.4 is 4.74 Å².